The van der Waals surface area contributed by atoms with E-state index in [9.17, 15) is 18.3 Å². The molecule has 2 fully saturated rings. The van der Waals surface area contributed by atoms with Crippen molar-refractivity contribution in [3.05, 3.63) is 35.8 Å². The summed E-state index contributed by atoms with van der Waals surface area (Å²) in [7, 11) is 0. The highest BCUT2D eigenvalue weighted by Crippen LogP contribution is 2.32. The number of ether oxygens (including phenoxy) is 1. The van der Waals surface area contributed by atoms with E-state index >= 15 is 0 Å². The number of nitrogens with one attached hydrogen (secondary N) is 2. The molecule has 1 aromatic carbocycles. The molecule has 0 amide bonds. The van der Waals surface area contributed by atoms with E-state index in [1.165, 1.54) is 6.20 Å². The molecule has 1 aliphatic heterocycles. The summed E-state index contributed by atoms with van der Waals surface area (Å²) in [6, 6.07) is -0.917. The van der Waals surface area contributed by atoms with Gasteiger partial charge in [0, 0.05) is 27.5 Å². The van der Waals surface area contributed by atoms with Gasteiger partial charge in [0.05, 0.1) is 26.3 Å². The third-order valence-electron chi connectivity index (χ3n) is 5.42. The van der Waals surface area contributed by atoms with Gasteiger partial charge < -0.3 is 20.5 Å². The van der Waals surface area contributed by atoms with Crippen molar-refractivity contribution in [3.63, 3.8) is 0 Å². The molecule has 3 atom stereocenters. The molecule has 2 aliphatic rings. The van der Waals surface area contributed by atoms with Crippen molar-refractivity contribution in [1.29, 1.82) is 0 Å². The molecule has 1 aliphatic carbocycles. The Hall–Kier alpha value is -2.92. The van der Waals surface area contributed by atoms with Gasteiger partial charge in [0.2, 0.25) is 11.9 Å². The number of rotatable bonds is 5. The molecule has 8 nitrogen and oxygen atoms in total. The quantitative estimate of drug-likeness (QED) is 0.545. The zero-order valence-corrected chi connectivity index (χ0v) is 16.9. The number of benzene rings is 1. The minimum atomic E-state index is -1.75. The number of aromatic nitrogens is 4. The highest BCUT2D eigenvalue weighted by molar-refractivity contribution is 5.76. The third kappa shape index (κ3) is 4.09. The molecule has 0 spiro atoms. The van der Waals surface area contributed by atoms with E-state index in [1.54, 1.807) is 4.57 Å². The molecule has 0 bridgehead atoms. The van der Waals surface area contributed by atoms with E-state index in [0.717, 1.165) is 0 Å². The first-order chi connectivity index (χ1) is 16.7. The number of hydrogen-bond donors (Lipinski definition) is 3. The highest BCUT2D eigenvalue weighted by Gasteiger charge is 2.27. The van der Waals surface area contributed by atoms with Gasteiger partial charge in [-0.25, -0.2) is 23.1 Å². The summed E-state index contributed by atoms with van der Waals surface area (Å²) >= 11 is 0. The summed E-state index contributed by atoms with van der Waals surface area (Å²) in [6.07, 6.45) is -1.01. The highest BCUT2D eigenvalue weighted by atomic mass is 19.1. The molecular weight excluding hydrogens is 425 g/mol. The van der Waals surface area contributed by atoms with Crippen LogP contribution in [0.4, 0.5) is 30.8 Å². The minimum absolute atomic E-state index is 0.0239. The maximum Gasteiger partial charge on any atom is 0.224 e. The molecule has 1 saturated carbocycles. The van der Waals surface area contributed by atoms with Crippen LogP contribution in [-0.4, -0.2) is 50.0 Å². The van der Waals surface area contributed by atoms with Gasteiger partial charge >= 0.3 is 0 Å². The van der Waals surface area contributed by atoms with Crippen LogP contribution in [-0.2, 0) is 4.74 Å². The predicted molar refractivity (Wildman–Crippen MR) is 111 cm³/mol. The van der Waals surface area contributed by atoms with Gasteiger partial charge in [-0.3, -0.25) is 4.57 Å². The molecule has 3 N–H and O–H groups in total. The SMILES string of the molecule is [2H]C1CC(O)CC([2H])C1([2H])Nc1ncc2nc(Nc3c(F)cc(F)cc3F)n(C3CCOC3)c2n1. The van der Waals surface area contributed by atoms with Gasteiger partial charge in [0.25, 0.3) is 0 Å². The zero-order valence-electron chi connectivity index (χ0n) is 19.9. The van der Waals surface area contributed by atoms with Crippen LogP contribution in [0.2, 0.25) is 0 Å². The van der Waals surface area contributed by atoms with E-state index < -0.39 is 48.1 Å². The smallest absolute Gasteiger partial charge is 0.224 e. The molecule has 170 valence electrons. The minimum Gasteiger partial charge on any atom is -0.393 e. The molecule has 2 aromatic heterocycles. The maximum atomic E-state index is 14.3. The lowest BCUT2D eigenvalue weighted by molar-refractivity contribution is 0.126. The van der Waals surface area contributed by atoms with E-state index in [-0.39, 0.29) is 41.9 Å². The van der Waals surface area contributed by atoms with Crippen LogP contribution in [0.3, 0.4) is 0 Å². The predicted octanol–water partition coefficient (Wildman–Crippen LogP) is 3.66. The zero-order chi connectivity index (χ0) is 24.9. The number of hydrogen-bond acceptors (Lipinski definition) is 7. The molecule has 0 radical (unpaired) electrons. The molecule has 3 aromatic rings. The Balaban J connectivity index is 1.55. The first-order valence-electron chi connectivity index (χ1n) is 11.9. The second kappa shape index (κ2) is 8.55. The Labute approximate surface area is 186 Å². The first kappa shape index (κ1) is 17.6. The summed E-state index contributed by atoms with van der Waals surface area (Å²) in [5.41, 5.74) is -0.00472. The summed E-state index contributed by atoms with van der Waals surface area (Å²) in [4.78, 5) is 13.0. The molecule has 32 heavy (non-hydrogen) atoms. The first-order valence-corrected chi connectivity index (χ1v) is 10.2. The lowest BCUT2D eigenvalue weighted by atomic mass is 9.93. The lowest BCUT2D eigenvalue weighted by Crippen LogP contribution is -2.29. The number of nitrogens with zero attached hydrogens (tertiary/aromatic N) is 4. The van der Waals surface area contributed by atoms with Crippen molar-refractivity contribution in [3.8, 4) is 0 Å². The van der Waals surface area contributed by atoms with Gasteiger partial charge in [0.15, 0.2) is 17.3 Å². The number of anilines is 3. The van der Waals surface area contributed by atoms with Crippen LogP contribution >= 0.6 is 0 Å². The molecular formula is C21H23F3N6O2. The average molecular weight is 451 g/mol. The monoisotopic (exact) mass is 451 g/mol. The van der Waals surface area contributed by atoms with Crippen LogP contribution in [0.25, 0.3) is 11.2 Å². The van der Waals surface area contributed by atoms with Crippen molar-refractivity contribution < 1.29 is 27.1 Å². The van der Waals surface area contributed by atoms with Crippen LogP contribution in [0, 0.1) is 17.5 Å². The fraction of sp³-hybridized carbons (Fsp3) is 0.476. The van der Waals surface area contributed by atoms with Gasteiger partial charge in [-0.1, -0.05) is 0 Å². The van der Waals surface area contributed by atoms with E-state index in [1.807, 2.05) is 0 Å². The molecule has 3 heterocycles. The van der Waals surface area contributed by atoms with Crippen molar-refractivity contribution >= 4 is 28.7 Å². The topological polar surface area (TPSA) is 97.1 Å². The van der Waals surface area contributed by atoms with E-state index in [4.69, 9.17) is 8.85 Å². The fourth-order valence-electron chi connectivity index (χ4n) is 3.82. The summed E-state index contributed by atoms with van der Waals surface area (Å²) in [5.74, 6) is -3.29. The Morgan fingerprint density at radius 3 is 2.59 bits per heavy atom. The Morgan fingerprint density at radius 2 is 1.91 bits per heavy atom. The number of halogens is 3. The van der Waals surface area contributed by atoms with Crippen molar-refractivity contribution in [2.24, 2.45) is 0 Å². The average Bonchev–Trinajstić information content (AvgIpc) is 3.42. The van der Waals surface area contributed by atoms with Gasteiger partial charge in [-0.15, -0.1) is 0 Å². The van der Waals surface area contributed by atoms with Gasteiger partial charge in [-0.05, 0) is 32.1 Å². The molecule has 3 unspecified atom stereocenters. The largest absolute Gasteiger partial charge is 0.393 e. The fourth-order valence-corrected chi connectivity index (χ4v) is 3.82. The summed E-state index contributed by atoms with van der Waals surface area (Å²) < 4.78 is 74.2. The lowest BCUT2D eigenvalue weighted by Gasteiger charge is -2.26. The van der Waals surface area contributed by atoms with Crippen LogP contribution < -0.4 is 10.6 Å². The van der Waals surface area contributed by atoms with Crippen molar-refractivity contribution in [1.82, 2.24) is 19.5 Å². The summed E-state index contributed by atoms with van der Waals surface area (Å²) in [6.45, 7) is 0.754. The Kier molecular flexibility index (Phi) is 4.71. The number of aliphatic hydroxyl groups is 1. The van der Waals surface area contributed by atoms with Crippen molar-refractivity contribution in [2.75, 3.05) is 23.8 Å². The second-order valence-electron chi connectivity index (χ2n) is 7.71. The van der Waals surface area contributed by atoms with E-state index in [2.05, 4.69) is 25.6 Å². The molecule has 5 rings (SSSR count). The van der Waals surface area contributed by atoms with Gasteiger partial charge in [0.1, 0.15) is 17.0 Å². The van der Waals surface area contributed by atoms with Crippen LogP contribution in [0.1, 0.15) is 42.2 Å². The maximum absolute atomic E-state index is 14.3. The molecule has 11 heteroatoms. The normalized spacial score (nSPS) is 31.8. The molecule has 1 saturated heterocycles. The Bertz CT molecular complexity index is 1220. The van der Waals surface area contributed by atoms with Crippen molar-refractivity contribution in [2.45, 2.75) is 50.2 Å². The number of aliphatic hydroxyl groups excluding tert-OH is 1. The third-order valence-corrected chi connectivity index (χ3v) is 5.42. The second-order valence-corrected chi connectivity index (χ2v) is 7.71. The van der Waals surface area contributed by atoms with Crippen LogP contribution in [0.5, 0.6) is 0 Å². The summed E-state index contributed by atoms with van der Waals surface area (Å²) in [5, 5.41) is 15.2. The Morgan fingerprint density at radius 1 is 1.16 bits per heavy atom. The number of imidazole rings is 1. The number of fused-ring (bicyclic) bond motifs is 1. The van der Waals surface area contributed by atoms with Crippen LogP contribution in [0.15, 0.2) is 18.3 Å². The standard InChI is InChI=1S/C21H23F3N6O2/c22-11-7-15(23)18(16(24)8-11)28-21-27-17-9-25-20(26-12-1-3-14(31)4-2-12)29-19(17)30(21)13-5-6-32-10-13/h7-9,12-14,31H,1-6,10H2,(H,27,28)(H,25,26,29)/i1D,2D,12D. The van der Waals surface area contributed by atoms with E-state index in [0.29, 0.717) is 31.8 Å². The van der Waals surface area contributed by atoms with Gasteiger partial charge in [-0.2, -0.15) is 4.98 Å².